The highest BCUT2D eigenvalue weighted by atomic mass is 16.5. The third kappa shape index (κ3) is 5.38. The fraction of sp³-hybridized carbons (Fsp3) is 0.625. The Morgan fingerprint density at radius 2 is 2.00 bits per heavy atom. The van der Waals surface area contributed by atoms with Crippen LogP contribution in [0.4, 0.5) is 0 Å². The standard InChI is InChI=1S/C24H32N8O4/c1-15-21(36-18-11-17(13-35-14-18)24(33)34-3)9-8-19(25-15)23-20(31(2)29-27-23)12-32-28-22(26-30-32)10-16-6-4-5-7-16/h8-9,16-18H,4-7,10-14H2,1-3H3/t17-,18-/m0/s1. The molecule has 0 bridgehead atoms. The lowest BCUT2D eigenvalue weighted by Crippen LogP contribution is -2.37. The van der Waals surface area contributed by atoms with Crippen LogP contribution in [0.1, 0.15) is 49.3 Å². The van der Waals surface area contributed by atoms with Gasteiger partial charge < -0.3 is 14.2 Å². The number of pyridine rings is 1. The molecule has 1 saturated carbocycles. The maximum Gasteiger partial charge on any atom is 0.311 e. The number of carbonyl (C=O) groups is 1. The zero-order chi connectivity index (χ0) is 25.1. The van der Waals surface area contributed by atoms with Crippen LogP contribution in [0.15, 0.2) is 12.1 Å². The van der Waals surface area contributed by atoms with Crippen LogP contribution >= 0.6 is 0 Å². The smallest absolute Gasteiger partial charge is 0.311 e. The molecule has 0 aromatic carbocycles. The van der Waals surface area contributed by atoms with Gasteiger partial charge in [0.1, 0.15) is 24.1 Å². The minimum atomic E-state index is -0.326. The third-order valence-electron chi connectivity index (χ3n) is 6.95. The summed E-state index contributed by atoms with van der Waals surface area (Å²) in [6, 6.07) is 3.73. The number of aromatic nitrogens is 8. The predicted molar refractivity (Wildman–Crippen MR) is 127 cm³/mol. The van der Waals surface area contributed by atoms with Crippen molar-refractivity contribution in [1.82, 2.24) is 40.2 Å². The Morgan fingerprint density at radius 3 is 2.78 bits per heavy atom. The molecule has 192 valence electrons. The summed E-state index contributed by atoms with van der Waals surface area (Å²) in [6.07, 6.45) is 6.24. The average molecular weight is 497 g/mol. The molecule has 2 atom stereocenters. The molecular weight excluding hydrogens is 464 g/mol. The van der Waals surface area contributed by atoms with Crippen molar-refractivity contribution in [3.05, 3.63) is 29.3 Å². The van der Waals surface area contributed by atoms with Crippen LogP contribution in [-0.4, -0.2) is 72.6 Å². The summed E-state index contributed by atoms with van der Waals surface area (Å²) in [5, 5.41) is 21.6. The highest BCUT2D eigenvalue weighted by Gasteiger charge is 2.30. The first-order valence-electron chi connectivity index (χ1n) is 12.5. The maximum absolute atomic E-state index is 11.9. The van der Waals surface area contributed by atoms with Crippen molar-refractivity contribution in [3.8, 4) is 17.1 Å². The zero-order valence-corrected chi connectivity index (χ0v) is 21.0. The summed E-state index contributed by atoms with van der Waals surface area (Å²) < 4.78 is 18.2. The number of ether oxygens (including phenoxy) is 3. The fourth-order valence-corrected chi connectivity index (χ4v) is 4.98. The van der Waals surface area contributed by atoms with Gasteiger partial charge in [-0.1, -0.05) is 30.9 Å². The summed E-state index contributed by atoms with van der Waals surface area (Å²) >= 11 is 0. The van der Waals surface area contributed by atoms with Crippen molar-refractivity contribution < 1.29 is 19.0 Å². The monoisotopic (exact) mass is 496 g/mol. The minimum Gasteiger partial charge on any atom is -0.486 e. The summed E-state index contributed by atoms with van der Waals surface area (Å²) in [7, 11) is 3.22. The number of hydrogen-bond acceptors (Lipinski definition) is 10. The highest BCUT2D eigenvalue weighted by Crippen LogP contribution is 2.28. The number of carbonyl (C=O) groups excluding carboxylic acids is 1. The molecule has 0 spiro atoms. The van der Waals surface area contributed by atoms with Crippen LogP contribution in [-0.2, 0) is 34.3 Å². The molecule has 5 rings (SSSR count). The van der Waals surface area contributed by atoms with Gasteiger partial charge in [0.2, 0.25) is 0 Å². The van der Waals surface area contributed by atoms with E-state index in [0.29, 0.717) is 54.9 Å². The van der Waals surface area contributed by atoms with Crippen LogP contribution < -0.4 is 4.74 Å². The molecule has 0 amide bonds. The van der Waals surface area contributed by atoms with Gasteiger partial charge in [0.05, 0.1) is 43.3 Å². The predicted octanol–water partition coefficient (Wildman–Crippen LogP) is 1.91. The van der Waals surface area contributed by atoms with E-state index in [0.717, 1.165) is 17.9 Å². The van der Waals surface area contributed by atoms with E-state index >= 15 is 0 Å². The van der Waals surface area contributed by atoms with Crippen LogP contribution in [0.2, 0.25) is 0 Å². The first kappa shape index (κ1) is 24.3. The van der Waals surface area contributed by atoms with Gasteiger partial charge in [-0.2, -0.15) is 4.80 Å². The number of esters is 1. The highest BCUT2D eigenvalue weighted by molar-refractivity contribution is 5.72. The van der Waals surface area contributed by atoms with E-state index in [2.05, 4.69) is 25.7 Å². The summed E-state index contributed by atoms with van der Waals surface area (Å²) in [5.41, 5.74) is 2.89. The van der Waals surface area contributed by atoms with Crippen molar-refractivity contribution in [1.29, 1.82) is 0 Å². The number of aryl methyl sites for hydroxylation is 2. The van der Waals surface area contributed by atoms with Crippen molar-refractivity contribution in [3.63, 3.8) is 0 Å². The van der Waals surface area contributed by atoms with Gasteiger partial charge in [-0.25, -0.2) is 9.67 Å². The van der Waals surface area contributed by atoms with E-state index in [1.54, 1.807) is 9.48 Å². The lowest BCUT2D eigenvalue weighted by Gasteiger charge is -2.28. The van der Waals surface area contributed by atoms with E-state index in [-0.39, 0.29) is 18.0 Å². The van der Waals surface area contributed by atoms with Gasteiger partial charge in [0.15, 0.2) is 5.82 Å². The van der Waals surface area contributed by atoms with Crippen molar-refractivity contribution in [2.24, 2.45) is 18.9 Å². The minimum absolute atomic E-state index is 0.252. The number of rotatable bonds is 8. The zero-order valence-electron chi connectivity index (χ0n) is 21.0. The number of hydrogen-bond donors (Lipinski definition) is 0. The first-order chi connectivity index (χ1) is 17.5. The summed E-state index contributed by atoms with van der Waals surface area (Å²) in [4.78, 5) is 18.2. The Morgan fingerprint density at radius 1 is 1.17 bits per heavy atom. The van der Waals surface area contributed by atoms with Gasteiger partial charge >= 0.3 is 5.97 Å². The average Bonchev–Trinajstić information content (AvgIpc) is 3.64. The maximum atomic E-state index is 11.9. The Labute approximate surface area is 209 Å². The summed E-state index contributed by atoms with van der Waals surface area (Å²) in [5.74, 6) is 1.48. The molecule has 0 N–H and O–H groups in total. The van der Waals surface area contributed by atoms with Crippen molar-refractivity contribution in [2.75, 3.05) is 20.3 Å². The van der Waals surface area contributed by atoms with Crippen molar-refractivity contribution >= 4 is 5.97 Å². The topological polar surface area (TPSA) is 132 Å². The van der Waals surface area contributed by atoms with Gasteiger partial charge in [-0.05, 0) is 30.2 Å². The number of tetrazole rings is 1. The van der Waals surface area contributed by atoms with Crippen LogP contribution in [0, 0.1) is 18.8 Å². The largest absolute Gasteiger partial charge is 0.486 e. The van der Waals surface area contributed by atoms with Crippen LogP contribution in [0.5, 0.6) is 5.75 Å². The Balaban J connectivity index is 1.28. The third-order valence-corrected chi connectivity index (χ3v) is 6.95. The molecule has 1 aliphatic heterocycles. The Kier molecular flexibility index (Phi) is 7.21. The van der Waals surface area contributed by atoms with E-state index < -0.39 is 0 Å². The van der Waals surface area contributed by atoms with E-state index in [9.17, 15) is 4.79 Å². The quantitative estimate of drug-likeness (QED) is 0.426. The molecule has 0 radical (unpaired) electrons. The lowest BCUT2D eigenvalue weighted by atomic mass is 10.0. The van der Waals surface area contributed by atoms with Crippen molar-refractivity contribution in [2.45, 2.75) is 58.1 Å². The molecule has 2 aliphatic rings. The second-order valence-electron chi connectivity index (χ2n) is 9.61. The van der Waals surface area contributed by atoms with Crippen LogP contribution in [0.25, 0.3) is 11.4 Å². The number of nitrogens with zero attached hydrogens (tertiary/aromatic N) is 8. The molecule has 1 aliphatic carbocycles. The van der Waals surface area contributed by atoms with E-state index in [4.69, 9.17) is 19.2 Å². The fourth-order valence-electron chi connectivity index (χ4n) is 4.98. The van der Waals surface area contributed by atoms with Gasteiger partial charge in [-0.15, -0.1) is 15.3 Å². The van der Waals surface area contributed by atoms with Crippen LogP contribution in [0.3, 0.4) is 0 Å². The molecule has 4 heterocycles. The molecule has 12 heteroatoms. The number of methoxy groups -OCH3 is 1. The molecular formula is C24H32N8O4. The Bertz CT molecular complexity index is 1200. The van der Waals surface area contributed by atoms with Gasteiger partial charge in [0, 0.05) is 19.9 Å². The van der Waals surface area contributed by atoms with Gasteiger partial charge in [0.25, 0.3) is 0 Å². The first-order valence-corrected chi connectivity index (χ1v) is 12.5. The van der Waals surface area contributed by atoms with Gasteiger partial charge in [-0.3, -0.25) is 4.79 Å². The molecule has 1 saturated heterocycles. The molecule has 2 fully saturated rings. The normalized spacial score (nSPS) is 20.5. The van der Waals surface area contributed by atoms with E-state index in [1.165, 1.54) is 32.8 Å². The SMILES string of the molecule is COC(=O)[C@@H]1COC[C@@H](Oc2ccc(-c3nnn(C)c3Cn3nnc(CC4CCCC4)n3)nc2C)C1. The molecule has 3 aromatic rings. The summed E-state index contributed by atoms with van der Waals surface area (Å²) in [6.45, 7) is 3.03. The molecule has 36 heavy (non-hydrogen) atoms. The lowest BCUT2D eigenvalue weighted by molar-refractivity contribution is -0.152. The Hall–Kier alpha value is -3.41. The molecule has 12 nitrogen and oxygen atoms in total. The second-order valence-corrected chi connectivity index (χ2v) is 9.61. The molecule has 3 aromatic heterocycles. The van der Waals surface area contributed by atoms with E-state index in [1.807, 2.05) is 26.1 Å². The second kappa shape index (κ2) is 10.7. The molecule has 0 unspecified atom stereocenters.